The van der Waals surface area contributed by atoms with Crippen LogP contribution < -0.4 is 10.1 Å². The third kappa shape index (κ3) is 2.96. The minimum atomic E-state index is -1.40. The fourth-order valence-electron chi connectivity index (χ4n) is 3.29. The molecule has 1 aromatic carbocycles. The molecule has 0 amide bonds. The number of fused-ring (bicyclic) bond motifs is 1. The fraction of sp³-hybridized carbons (Fsp3) is 0.625. The van der Waals surface area contributed by atoms with E-state index in [1.54, 1.807) is 0 Å². The molecule has 3 rings (SSSR count). The topological polar surface area (TPSA) is 111 Å². The number of ether oxygens (including phenoxy) is 2. The average molecular weight is 325 g/mol. The zero-order valence-corrected chi connectivity index (χ0v) is 13.0. The zero-order valence-electron chi connectivity index (χ0n) is 13.0. The molecule has 5 atom stereocenters. The van der Waals surface area contributed by atoms with Crippen molar-refractivity contribution in [2.75, 3.05) is 20.3 Å². The summed E-state index contributed by atoms with van der Waals surface area (Å²) < 4.78 is 11.1. The van der Waals surface area contributed by atoms with Crippen molar-refractivity contribution in [2.45, 2.75) is 43.5 Å². The maximum absolute atomic E-state index is 10.3. The summed E-state index contributed by atoms with van der Waals surface area (Å²) in [6, 6.07) is 3.82. The second-order valence-corrected chi connectivity index (χ2v) is 6.04. The molecule has 0 unspecified atom stereocenters. The van der Waals surface area contributed by atoms with E-state index in [9.17, 15) is 20.4 Å². The van der Waals surface area contributed by atoms with Crippen LogP contribution >= 0.6 is 0 Å². The Morgan fingerprint density at radius 2 is 1.96 bits per heavy atom. The molecule has 0 radical (unpaired) electrons. The van der Waals surface area contributed by atoms with Crippen molar-refractivity contribution >= 4 is 0 Å². The van der Waals surface area contributed by atoms with Crippen molar-refractivity contribution in [3.8, 4) is 5.75 Å². The Labute approximate surface area is 134 Å². The highest BCUT2D eigenvalue weighted by molar-refractivity contribution is 5.45. The van der Waals surface area contributed by atoms with Crippen molar-refractivity contribution in [3.05, 3.63) is 28.8 Å². The lowest BCUT2D eigenvalue weighted by Gasteiger charge is -2.40. The van der Waals surface area contributed by atoms with E-state index < -0.39 is 37.1 Å². The molecule has 7 heteroatoms. The second kappa shape index (κ2) is 6.72. The van der Waals surface area contributed by atoms with Crippen molar-refractivity contribution in [2.24, 2.45) is 0 Å². The summed E-state index contributed by atoms with van der Waals surface area (Å²) in [5.74, 6) is 0.565. The van der Waals surface area contributed by atoms with Crippen LogP contribution in [-0.4, -0.2) is 65.1 Å². The van der Waals surface area contributed by atoms with Crippen LogP contribution in [0.3, 0.4) is 0 Å². The molecule has 0 spiro atoms. The maximum Gasteiger partial charge on any atom is 0.125 e. The van der Waals surface area contributed by atoms with Gasteiger partial charge >= 0.3 is 0 Å². The van der Waals surface area contributed by atoms with E-state index in [2.05, 4.69) is 5.32 Å². The summed E-state index contributed by atoms with van der Waals surface area (Å²) in [4.78, 5) is 0. The van der Waals surface area contributed by atoms with Gasteiger partial charge in [0.1, 0.15) is 36.3 Å². The molecule has 1 saturated heterocycles. The summed E-state index contributed by atoms with van der Waals surface area (Å²) in [7, 11) is 1.54. The summed E-state index contributed by atoms with van der Waals surface area (Å²) in [6.45, 7) is 1.16. The van der Waals surface area contributed by atoms with Crippen molar-refractivity contribution in [1.29, 1.82) is 0 Å². The average Bonchev–Trinajstić information content (AvgIpc) is 2.59. The standard InChI is InChI=1S/C16H23NO6/c1-22-11-5-8-2-3-17-6-9(8)4-10(11)16-15(21)14(20)13(19)12(7-18)23-16/h4-5,12-21H,2-3,6-7H2,1H3/t12-,13-,14+,15-,16+/m1/s1. The molecule has 7 nitrogen and oxygen atoms in total. The van der Waals surface area contributed by atoms with Gasteiger partial charge in [0, 0.05) is 12.1 Å². The smallest absolute Gasteiger partial charge is 0.125 e. The van der Waals surface area contributed by atoms with Crippen LogP contribution in [0.5, 0.6) is 5.75 Å². The second-order valence-electron chi connectivity index (χ2n) is 6.04. The molecule has 1 aromatic rings. The number of aliphatic hydroxyl groups excluding tert-OH is 4. The van der Waals surface area contributed by atoms with Crippen molar-refractivity contribution < 1.29 is 29.9 Å². The van der Waals surface area contributed by atoms with E-state index in [-0.39, 0.29) is 0 Å². The molecule has 5 N–H and O–H groups in total. The molecule has 1 fully saturated rings. The summed E-state index contributed by atoms with van der Waals surface area (Å²) in [5.41, 5.74) is 2.87. The van der Waals surface area contributed by atoms with Crippen LogP contribution in [0.1, 0.15) is 22.8 Å². The monoisotopic (exact) mass is 325 g/mol. The first kappa shape index (κ1) is 16.6. The van der Waals surface area contributed by atoms with Gasteiger partial charge in [-0.2, -0.15) is 0 Å². The van der Waals surface area contributed by atoms with E-state index in [4.69, 9.17) is 9.47 Å². The third-order valence-electron chi connectivity index (χ3n) is 4.64. The van der Waals surface area contributed by atoms with E-state index >= 15 is 0 Å². The van der Waals surface area contributed by atoms with Crippen molar-refractivity contribution in [1.82, 2.24) is 5.32 Å². The molecular weight excluding hydrogens is 302 g/mol. The Morgan fingerprint density at radius 1 is 1.17 bits per heavy atom. The van der Waals surface area contributed by atoms with Crippen LogP contribution in [-0.2, 0) is 17.7 Å². The molecular formula is C16H23NO6. The predicted molar refractivity (Wildman–Crippen MR) is 81.1 cm³/mol. The lowest BCUT2D eigenvalue weighted by Crippen LogP contribution is -2.55. The van der Waals surface area contributed by atoms with Crippen LogP contribution in [0, 0.1) is 0 Å². The number of aliphatic hydroxyl groups is 4. The highest BCUT2D eigenvalue weighted by Gasteiger charge is 2.45. The van der Waals surface area contributed by atoms with Gasteiger partial charge in [0.2, 0.25) is 0 Å². The van der Waals surface area contributed by atoms with Gasteiger partial charge < -0.3 is 35.2 Å². The van der Waals surface area contributed by atoms with E-state index in [0.29, 0.717) is 17.9 Å². The number of benzene rings is 1. The first-order valence-corrected chi connectivity index (χ1v) is 7.77. The van der Waals surface area contributed by atoms with Gasteiger partial charge in [0.15, 0.2) is 0 Å². The van der Waals surface area contributed by atoms with Gasteiger partial charge in [-0.15, -0.1) is 0 Å². The lowest BCUT2D eigenvalue weighted by atomic mass is 9.88. The SMILES string of the molecule is COc1cc2c(cc1[C@@H]1O[C@H](CO)[C@@H](O)[C@H](O)[C@H]1O)CNCC2. The number of hydrogen-bond acceptors (Lipinski definition) is 7. The summed E-state index contributed by atoms with van der Waals surface area (Å²) >= 11 is 0. The molecule has 0 bridgehead atoms. The molecule has 2 aliphatic heterocycles. The van der Waals surface area contributed by atoms with Crippen LogP contribution in [0.2, 0.25) is 0 Å². The van der Waals surface area contributed by atoms with Crippen LogP contribution in [0.4, 0.5) is 0 Å². The first-order valence-electron chi connectivity index (χ1n) is 7.77. The molecule has 2 heterocycles. The third-order valence-corrected chi connectivity index (χ3v) is 4.64. The van der Waals surface area contributed by atoms with E-state index in [0.717, 1.165) is 18.5 Å². The predicted octanol–water partition coefficient (Wildman–Crippen LogP) is -1.14. The lowest BCUT2D eigenvalue weighted by molar-refractivity contribution is -0.232. The van der Waals surface area contributed by atoms with Crippen molar-refractivity contribution in [3.63, 3.8) is 0 Å². The Balaban J connectivity index is 1.99. The number of rotatable bonds is 3. The van der Waals surface area contributed by atoms with Crippen LogP contribution in [0.25, 0.3) is 0 Å². The molecule has 0 aromatic heterocycles. The van der Waals surface area contributed by atoms with E-state index in [1.807, 2.05) is 12.1 Å². The first-order chi connectivity index (χ1) is 11.1. The Hall–Kier alpha value is -1.22. The molecule has 0 aliphatic carbocycles. The Kier molecular flexibility index (Phi) is 4.86. The largest absolute Gasteiger partial charge is 0.496 e. The Morgan fingerprint density at radius 3 is 2.65 bits per heavy atom. The Bertz CT molecular complexity index is 564. The molecule has 23 heavy (non-hydrogen) atoms. The van der Waals surface area contributed by atoms with E-state index in [1.165, 1.54) is 12.7 Å². The van der Waals surface area contributed by atoms with Gasteiger partial charge in [0.25, 0.3) is 0 Å². The summed E-state index contributed by atoms with van der Waals surface area (Å²) in [6.07, 6.45) is -5.00. The molecule has 2 aliphatic rings. The van der Waals surface area contributed by atoms with Gasteiger partial charge in [-0.25, -0.2) is 0 Å². The highest BCUT2D eigenvalue weighted by atomic mass is 16.5. The highest BCUT2D eigenvalue weighted by Crippen LogP contribution is 2.38. The maximum atomic E-state index is 10.3. The van der Waals surface area contributed by atoms with Gasteiger partial charge in [0.05, 0.1) is 13.7 Å². The molecule has 128 valence electrons. The quantitative estimate of drug-likeness (QED) is 0.477. The van der Waals surface area contributed by atoms with Crippen LogP contribution in [0.15, 0.2) is 12.1 Å². The zero-order chi connectivity index (χ0) is 16.6. The van der Waals surface area contributed by atoms with Gasteiger partial charge in [-0.3, -0.25) is 0 Å². The minimum absolute atomic E-state index is 0.448. The minimum Gasteiger partial charge on any atom is -0.496 e. The summed E-state index contributed by atoms with van der Waals surface area (Å²) in [5, 5.41) is 42.8. The van der Waals surface area contributed by atoms with Gasteiger partial charge in [-0.1, -0.05) is 0 Å². The number of methoxy groups -OCH3 is 1. The number of hydrogen-bond donors (Lipinski definition) is 5. The fourth-order valence-corrected chi connectivity index (χ4v) is 3.29. The number of nitrogens with one attached hydrogen (secondary N) is 1. The normalized spacial score (nSPS) is 34.0. The molecule has 0 saturated carbocycles. The van der Waals surface area contributed by atoms with Gasteiger partial charge in [-0.05, 0) is 36.2 Å².